The summed E-state index contributed by atoms with van der Waals surface area (Å²) in [6, 6.07) is 0. The lowest BCUT2D eigenvalue weighted by Crippen LogP contribution is -2.35. The molecule has 0 aliphatic heterocycles. The van der Waals surface area contributed by atoms with Gasteiger partial charge < -0.3 is 10.1 Å². The van der Waals surface area contributed by atoms with Gasteiger partial charge in [0.25, 0.3) is 0 Å². The summed E-state index contributed by atoms with van der Waals surface area (Å²) in [6.45, 7) is 8.52. The highest BCUT2D eigenvalue weighted by Gasteiger charge is 2.25. The van der Waals surface area contributed by atoms with E-state index in [4.69, 9.17) is 4.74 Å². The van der Waals surface area contributed by atoms with Gasteiger partial charge in [0.1, 0.15) is 0 Å². The Morgan fingerprint density at radius 2 is 1.87 bits per heavy atom. The quantitative estimate of drug-likeness (QED) is 0.656. The molecule has 2 nitrogen and oxygen atoms in total. The van der Waals surface area contributed by atoms with Crippen LogP contribution >= 0.6 is 0 Å². The van der Waals surface area contributed by atoms with Crippen LogP contribution in [0.5, 0.6) is 0 Å². The monoisotopic (exact) mass is 213 g/mol. The second-order valence-corrected chi connectivity index (χ2v) is 5.16. The molecule has 0 heterocycles. The van der Waals surface area contributed by atoms with E-state index < -0.39 is 0 Å². The van der Waals surface area contributed by atoms with Gasteiger partial charge in [-0.05, 0) is 24.7 Å². The van der Waals surface area contributed by atoms with E-state index in [2.05, 4.69) is 19.2 Å². The minimum Gasteiger partial charge on any atom is -0.380 e. The van der Waals surface area contributed by atoms with E-state index in [0.29, 0.717) is 5.41 Å². The zero-order chi connectivity index (χ0) is 11.0. The normalized spacial score (nSPS) is 20.4. The third kappa shape index (κ3) is 5.53. The van der Waals surface area contributed by atoms with Crippen molar-refractivity contribution in [2.75, 3.05) is 26.3 Å². The molecule has 2 heteroatoms. The van der Waals surface area contributed by atoms with Gasteiger partial charge in [-0.2, -0.15) is 0 Å². The molecule has 0 radical (unpaired) electrons. The van der Waals surface area contributed by atoms with Crippen LogP contribution < -0.4 is 5.32 Å². The van der Waals surface area contributed by atoms with Crippen molar-refractivity contribution in [2.24, 2.45) is 5.41 Å². The van der Waals surface area contributed by atoms with Crippen molar-refractivity contribution < 1.29 is 4.74 Å². The third-order valence-electron chi connectivity index (χ3n) is 3.38. The maximum atomic E-state index is 5.44. The SMILES string of the molecule is CCCOCCNCC1(C)CCCCC1. The Kier molecular flexibility index (Phi) is 6.26. The molecule has 0 amide bonds. The molecule has 90 valence electrons. The lowest BCUT2D eigenvalue weighted by atomic mass is 9.76. The molecule has 0 unspecified atom stereocenters. The predicted octanol–water partition coefficient (Wildman–Crippen LogP) is 2.97. The van der Waals surface area contributed by atoms with Crippen molar-refractivity contribution >= 4 is 0 Å². The molecule has 15 heavy (non-hydrogen) atoms. The highest BCUT2D eigenvalue weighted by molar-refractivity contribution is 4.80. The number of rotatable bonds is 7. The Labute approximate surface area is 94.8 Å². The number of hydrogen-bond donors (Lipinski definition) is 1. The van der Waals surface area contributed by atoms with Crippen LogP contribution in [0.2, 0.25) is 0 Å². The highest BCUT2D eigenvalue weighted by atomic mass is 16.5. The first kappa shape index (κ1) is 13.0. The van der Waals surface area contributed by atoms with Gasteiger partial charge in [0.05, 0.1) is 6.61 Å². The average Bonchev–Trinajstić information content (AvgIpc) is 2.24. The maximum Gasteiger partial charge on any atom is 0.0590 e. The topological polar surface area (TPSA) is 21.3 Å². The van der Waals surface area contributed by atoms with E-state index >= 15 is 0 Å². The van der Waals surface area contributed by atoms with Gasteiger partial charge in [0.15, 0.2) is 0 Å². The molecular formula is C13H27NO. The second-order valence-electron chi connectivity index (χ2n) is 5.16. The number of hydrogen-bond acceptors (Lipinski definition) is 2. The molecule has 0 bridgehead atoms. The Hall–Kier alpha value is -0.0800. The summed E-state index contributed by atoms with van der Waals surface area (Å²) in [6.07, 6.45) is 8.20. The van der Waals surface area contributed by atoms with Gasteiger partial charge >= 0.3 is 0 Å². The molecule has 0 saturated heterocycles. The minimum atomic E-state index is 0.559. The van der Waals surface area contributed by atoms with Gasteiger partial charge in [-0.15, -0.1) is 0 Å². The molecule has 1 N–H and O–H groups in total. The summed E-state index contributed by atoms with van der Waals surface area (Å²) in [4.78, 5) is 0. The van der Waals surface area contributed by atoms with Crippen molar-refractivity contribution in [3.8, 4) is 0 Å². The molecule has 0 aromatic rings. The molecule has 0 atom stereocenters. The number of ether oxygens (including phenoxy) is 1. The highest BCUT2D eigenvalue weighted by Crippen LogP contribution is 2.34. The van der Waals surface area contributed by atoms with Gasteiger partial charge in [-0.25, -0.2) is 0 Å². The van der Waals surface area contributed by atoms with E-state index in [9.17, 15) is 0 Å². The van der Waals surface area contributed by atoms with E-state index in [0.717, 1.165) is 26.2 Å². The summed E-state index contributed by atoms with van der Waals surface area (Å²) < 4.78 is 5.44. The van der Waals surface area contributed by atoms with Gasteiger partial charge in [-0.1, -0.05) is 33.1 Å². The van der Waals surface area contributed by atoms with Gasteiger partial charge in [0.2, 0.25) is 0 Å². The van der Waals surface area contributed by atoms with Crippen molar-refractivity contribution in [1.29, 1.82) is 0 Å². The molecule has 0 aromatic heterocycles. The van der Waals surface area contributed by atoms with Crippen molar-refractivity contribution in [3.05, 3.63) is 0 Å². The Morgan fingerprint density at radius 1 is 1.13 bits per heavy atom. The van der Waals surface area contributed by atoms with Gasteiger partial charge in [0, 0.05) is 19.7 Å². The smallest absolute Gasteiger partial charge is 0.0590 e. The summed E-state index contributed by atoms with van der Waals surface area (Å²) >= 11 is 0. The molecule has 1 rings (SSSR count). The van der Waals surface area contributed by atoms with Crippen LogP contribution in [0, 0.1) is 5.41 Å². The third-order valence-corrected chi connectivity index (χ3v) is 3.38. The molecule has 1 aliphatic carbocycles. The van der Waals surface area contributed by atoms with E-state index in [1.165, 1.54) is 38.6 Å². The Morgan fingerprint density at radius 3 is 2.53 bits per heavy atom. The zero-order valence-electron chi connectivity index (χ0n) is 10.5. The molecular weight excluding hydrogens is 186 g/mol. The lowest BCUT2D eigenvalue weighted by molar-refractivity contribution is 0.130. The van der Waals surface area contributed by atoms with E-state index in [1.54, 1.807) is 0 Å². The van der Waals surface area contributed by atoms with Crippen LogP contribution in [-0.2, 0) is 4.74 Å². The van der Waals surface area contributed by atoms with Crippen LogP contribution in [0.4, 0.5) is 0 Å². The van der Waals surface area contributed by atoms with Crippen LogP contribution in [0.15, 0.2) is 0 Å². The molecule has 0 aromatic carbocycles. The summed E-state index contributed by atoms with van der Waals surface area (Å²) in [7, 11) is 0. The Bertz CT molecular complexity index is 153. The Balaban J connectivity index is 1.98. The van der Waals surface area contributed by atoms with Crippen molar-refractivity contribution in [2.45, 2.75) is 52.4 Å². The fourth-order valence-electron chi connectivity index (χ4n) is 2.36. The number of nitrogens with one attached hydrogen (secondary N) is 1. The largest absolute Gasteiger partial charge is 0.380 e. The lowest BCUT2D eigenvalue weighted by Gasteiger charge is -2.33. The van der Waals surface area contributed by atoms with Gasteiger partial charge in [-0.3, -0.25) is 0 Å². The fourth-order valence-corrected chi connectivity index (χ4v) is 2.36. The van der Waals surface area contributed by atoms with Crippen LogP contribution in [0.3, 0.4) is 0 Å². The first-order valence-corrected chi connectivity index (χ1v) is 6.55. The first-order valence-electron chi connectivity index (χ1n) is 6.55. The van der Waals surface area contributed by atoms with E-state index in [-0.39, 0.29) is 0 Å². The average molecular weight is 213 g/mol. The molecule has 1 fully saturated rings. The predicted molar refractivity (Wildman–Crippen MR) is 65.2 cm³/mol. The standard InChI is InChI=1S/C13H27NO/c1-3-10-15-11-9-14-12-13(2)7-5-4-6-8-13/h14H,3-12H2,1-2H3. The first-order chi connectivity index (χ1) is 7.27. The summed E-state index contributed by atoms with van der Waals surface area (Å²) in [5.74, 6) is 0. The molecule has 0 spiro atoms. The molecule has 1 saturated carbocycles. The van der Waals surface area contributed by atoms with Crippen LogP contribution in [0.25, 0.3) is 0 Å². The van der Waals surface area contributed by atoms with Crippen LogP contribution in [0.1, 0.15) is 52.4 Å². The zero-order valence-corrected chi connectivity index (χ0v) is 10.5. The van der Waals surface area contributed by atoms with Crippen molar-refractivity contribution in [3.63, 3.8) is 0 Å². The van der Waals surface area contributed by atoms with E-state index in [1.807, 2.05) is 0 Å². The summed E-state index contributed by atoms with van der Waals surface area (Å²) in [5, 5.41) is 3.53. The fraction of sp³-hybridized carbons (Fsp3) is 1.00. The molecule has 1 aliphatic rings. The van der Waals surface area contributed by atoms with Crippen LogP contribution in [-0.4, -0.2) is 26.3 Å². The second kappa shape index (κ2) is 7.24. The summed E-state index contributed by atoms with van der Waals surface area (Å²) in [5.41, 5.74) is 0.559. The maximum absolute atomic E-state index is 5.44. The minimum absolute atomic E-state index is 0.559. The van der Waals surface area contributed by atoms with Crippen molar-refractivity contribution in [1.82, 2.24) is 5.32 Å².